The number of carbonyl (C=O) groups is 2. The zero-order valence-electron chi connectivity index (χ0n) is 20.2. The molecule has 2 aromatic heterocycles. The minimum atomic E-state index is -2.75. The molecule has 2 amide bonds. The Hall–Kier alpha value is -4.22. The van der Waals surface area contributed by atoms with Crippen molar-refractivity contribution in [1.29, 1.82) is 0 Å². The predicted octanol–water partition coefficient (Wildman–Crippen LogP) is 2.09. The van der Waals surface area contributed by atoms with Crippen LogP contribution in [-0.2, 0) is 11.8 Å². The summed E-state index contributed by atoms with van der Waals surface area (Å²) in [7, 11) is 3.19. The summed E-state index contributed by atoms with van der Waals surface area (Å²) in [6, 6.07) is 6.49. The zero-order valence-corrected chi connectivity index (χ0v) is 17.2. The molecule has 1 saturated carbocycles. The van der Waals surface area contributed by atoms with Crippen LogP contribution < -0.4 is 20.7 Å². The Morgan fingerprint density at radius 2 is 2.09 bits per heavy atom. The lowest BCUT2D eigenvalue weighted by Gasteiger charge is -2.16. The summed E-state index contributed by atoms with van der Waals surface area (Å²) in [4.78, 5) is 28.9. The van der Waals surface area contributed by atoms with E-state index in [0.29, 0.717) is 22.8 Å². The Bertz CT molecular complexity index is 1260. The van der Waals surface area contributed by atoms with E-state index in [9.17, 15) is 9.59 Å². The molecule has 4 rings (SSSR count). The summed E-state index contributed by atoms with van der Waals surface area (Å²) < 4.78 is 34.2. The Morgan fingerprint density at radius 1 is 1.25 bits per heavy atom. The van der Waals surface area contributed by atoms with Crippen molar-refractivity contribution in [1.82, 2.24) is 30.3 Å². The van der Waals surface area contributed by atoms with Crippen LogP contribution >= 0.6 is 0 Å². The van der Waals surface area contributed by atoms with Gasteiger partial charge in [-0.25, -0.2) is 9.78 Å². The van der Waals surface area contributed by atoms with Crippen molar-refractivity contribution in [3.63, 3.8) is 0 Å². The Kier molecular flexibility index (Phi) is 4.84. The van der Waals surface area contributed by atoms with Crippen molar-refractivity contribution in [2.45, 2.75) is 18.9 Å². The largest absolute Gasteiger partial charge is 0.494 e. The van der Waals surface area contributed by atoms with E-state index in [1.54, 1.807) is 25.2 Å². The van der Waals surface area contributed by atoms with Crippen molar-refractivity contribution in [2.75, 3.05) is 24.7 Å². The van der Waals surface area contributed by atoms with Gasteiger partial charge in [-0.2, -0.15) is 5.10 Å². The number of carbonyl (C=O) groups excluding carboxylic acids is 2. The average molecular weight is 441 g/mol. The maximum absolute atomic E-state index is 12.6. The second-order valence-corrected chi connectivity index (χ2v) is 6.93. The van der Waals surface area contributed by atoms with Gasteiger partial charge >= 0.3 is 6.09 Å². The number of nitrogens with one attached hydrogen (secondary N) is 3. The summed E-state index contributed by atoms with van der Waals surface area (Å²) in [6.45, 7) is -2.75. The second-order valence-electron chi connectivity index (χ2n) is 6.93. The van der Waals surface area contributed by atoms with E-state index in [2.05, 4.69) is 30.9 Å². The standard InChI is InChI=1S/C20H22N8O4/c1-21-19(29)16-14(9-15(25-26-16)24-20(30)32-11-7-8-11)23-13-6-4-5-12(17(13)31-3)18-22-10-28(2)27-18/h4-6,9-11H,7-8H2,1-3H3,(H,21,29)(H2,23,24,25,30)/i1D3. The minimum absolute atomic E-state index is 0.00917. The van der Waals surface area contributed by atoms with E-state index in [4.69, 9.17) is 13.6 Å². The number of methoxy groups -OCH3 is 1. The summed E-state index contributed by atoms with van der Waals surface area (Å²) in [6.07, 6.45) is 2.28. The molecular weight excluding hydrogens is 416 g/mol. The molecule has 1 aromatic carbocycles. The molecule has 0 radical (unpaired) electrons. The van der Waals surface area contributed by atoms with Gasteiger partial charge in [-0.15, -0.1) is 10.2 Å². The summed E-state index contributed by atoms with van der Waals surface area (Å²) in [5.41, 5.74) is 0.721. The highest BCUT2D eigenvalue weighted by molar-refractivity contribution is 5.99. The smallest absolute Gasteiger partial charge is 0.413 e. The number of anilines is 3. The minimum Gasteiger partial charge on any atom is -0.494 e. The second kappa shape index (κ2) is 8.88. The van der Waals surface area contributed by atoms with Gasteiger partial charge in [-0.05, 0) is 25.0 Å². The van der Waals surface area contributed by atoms with Gasteiger partial charge in [0.05, 0.1) is 24.0 Å². The molecule has 12 nitrogen and oxygen atoms in total. The molecule has 2 heterocycles. The number of nitrogens with zero attached hydrogens (tertiary/aromatic N) is 5. The van der Waals surface area contributed by atoms with Crippen molar-refractivity contribution in [3.05, 3.63) is 36.3 Å². The van der Waals surface area contributed by atoms with Gasteiger partial charge in [0.1, 0.15) is 12.4 Å². The van der Waals surface area contributed by atoms with Gasteiger partial charge in [0.15, 0.2) is 23.1 Å². The first-order chi connectivity index (χ1) is 16.6. The van der Waals surface area contributed by atoms with Crippen LogP contribution in [0.4, 0.5) is 22.0 Å². The molecule has 0 spiro atoms. The first-order valence-corrected chi connectivity index (χ1v) is 9.61. The summed E-state index contributed by atoms with van der Waals surface area (Å²) in [5.74, 6) is -0.231. The van der Waals surface area contributed by atoms with Crippen LogP contribution in [0.3, 0.4) is 0 Å². The van der Waals surface area contributed by atoms with Gasteiger partial charge in [0.25, 0.3) is 5.91 Å². The maximum Gasteiger partial charge on any atom is 0.413 e. The Labute approximate surface area is 187 Å². The van der Waals surface area contributed by atoms with Gasteiger partial charge in [-0.1, -0.05) is 6.07 Å². The number of hydrogen-bond acceptors (Lipinski definition) is 9. The number of benzene rings is 1. The highest BCUT2D eigenvalue weighted by atomic mass is 16.6. The number of hydrogen-bond donors (Lipinski definition) is 3. The molecule has 1 aliphatic rings. The van der Waals surface area contributed by atoms with Crippen molar-refractivity contribution in [3.8, 4) is 17.1 Å². The van der Waals surface area contributed by atoms with Gasteiger partial charge in [0.2, 0.25) is 0 Å². The fourth-order valence-electron chi connectivity index (χ4n) is 2.89. The maximum atomic E-state index is 12.6. The molecule has 0 saturated heterocycles. The molecular formula is C20H22N8O4. The highest BCUT2D eigenvalue weighted by Crippen LogP contribution is 2.37. The van der Waals surface area contributed by atoms with E-state index in [-0.39, 0.29) is 23.3 Å². The number of para-hydroxylation sites is 1. The van der Waals surface area contributed by atoms with E-state index in [1.807, 2.05) is 5.32 Å². The number of aromatic nitrogens is 5. The number of ether oxygens (including phenoxy) is 2. The van der Waals surface area contributed by atoms with Crippen LogP contribution in [0.2, 0.25) is 0 Å². The normalized spacial score (nSPS) is 14.5. The van der Waals surface area contributed by atoms with E-state index in [0.717, 1.165) is 12.8 Å². The molecule has 0 unspecified atom stereocenters. The lowest BCUT2D eigenvalue weighted by molar-refractivity contribution is 0.0958. The van der Waals surface area contributed by atoms with Crippen LogP contribution in [0, 0.1) is 0 Å². The predicted molar refractivity (Wildman–Crippen MR) is 115 cm³/mol. The molecule has 0 aliphatic heterocycles. The fourth-order valence-corrected chi connectivity index (χ4v) is 2.89. The average Bonchev–Trinajstić information content (AvgIpc) is 3.48. The van der Waals surface area contributed by atoms with Crippen molar-refractivity contribution in [2.24, 2.45) is 7.05 Å². The van der Waals surface area contributed by atoms with Crippen LogP contribution in [-0.4, -0.2) is 57.2 Å². The summed E-state index contributed by atoms with van der Waals surface area (Å²) in [5, 5.41) is 19.3. The topological polar surface area (TPSA) is 145 Å². The molecule has 3 N–H and O–H groups in total. The lowest BCUT2D eigenvalue weighted by atomic mass is 10.1. The third kappa shape index (κ3) is 4.58. The van der Waals surface area contributed by atoms with E-state index < -0.39 is 19.0 Å². The van der Waals surface area contributed by atoms with Crippen molar-refractivity contribution < 1.29 is 23.2 Å². The SMILES string of the molecule is [2H]C([2H])([2H])NC(=O)c1nnc(NC(=O)OC2CC2)cc1Nc1cccc(-c2ncn(C)n2)c1OC. The number of aryl methyl sites for hydroxylation is 1. The quantitative estimate of drug-likeness (QED) is 0.502. The first kappa shape index (κ1) is 17.5. The van der Waals surface area contributed by atoms with Crippen molar-refractivity contribution >= 4 is 29.2 Å². The third-order valence-electron chi connectivity index (χ3n) is 4.48. The molecule has 32 heavy (non-hydrogen) atoms. The molecule has 12 heteroatoms. The monoisotopic (exact) mass is 441 g/mol. The third-order valence-corrected chi connectivity index (χ3v) is 4.48. The first-order valence-electron chi connectivity index (χ1n) is 11.1. The molecule has 3 aromatic rings. The van der Waals surface area contributed by atoms with Crippen LogP contribution in [0.25, 0.3) is 11.4 Å². The van der Waals surface area contributed by atoms with Crippen LogP contribution in [0.15, 0.2) is 30.6 Å². The highest BCUT2D eigenvalue weighted by Gasteiger charge is 2.26. The van der Waals surface area contributed by atoms with E-state index >= 15 is 0 Å². The van der Waals surface area contributed by atoms with E-state index in [1.165, 1.54) is 24.2 Å². The number of rotatable bonds is 7. The lowest BCUT2D eigenvalue weighted by Crippen LogP contribution is -2.22. The Balaban J connectivity index is 1.70. The fraction of sp³-hybridized carbons (Fsp3) is 0.300. The molecule has 166 valence electrons. The molecule has 1 aliphatic carbocycles. The van der Waals surface area contributed by atoms with Gasteiger partial charge < -0.3 is 20.1 Å². The van der Waals surface area contributed by atoms with Gasteiger partial charge in [0, 0.05) is 24.2 Å². The molecule has 0 atom stereocenters. The Morgan fingerprint density at radius 3 is 2.78 bits per heavy atom. The molecule has 0 bridgehead atoms. The van der Waals surface area contributed by atoms with Gasteiger partial charge in [-0.3, -0.25) is 14.8 Å². The number of amides is 2. The summed E-state index contributed by atoms with van der Waals surface area (Å²) >= 11 is 0. The molecule has 1 fully saturated rings. The van der Waals surface area contributed by atoms with Crippen LogP contribution in [0.5, 0.6) is 5.75 Å². The van der Waals surface area contributed by atoms with Crippen LogP contribution in [0.1, 0.15) is 27.4 Å². The zero-order chi connectivity index (χ0) is 25.2.